The molecular weight excluding hydrogens is 320 g/mol. The number of nitrogens with one attached hydrogen (secondary N) is 2. The lowest BCUT2D eigenvalue weighted by Gasteiger charge is -2.12. The molecule has 0 aromatic carbocycles. The second kappa shape index (κ2) is 9.72. The molecular formula is C17H30N6O2. The van der Waals surface area contributed by atoms with Gasteiger partial charge in [0.05, 0.1) is 12.7 Å². The van der Waals surface area contributed by atoms with Crippen molar-refractivity contribution in [3.63, 3.8) is 0 Å². The molecule has 1 saturated heterocycles. The molecule has 8 heteroatoms. The largest absolute Gasteiger partial charge is 0.379 e. The molecule has 3 rings (SSSR count). The van der Waals surface area contributed by atoms with E-state index in [1.165, 1.54) is 0 Å². The minimum absolute atomic E-state index is 0.303. The van der Waals surface area contributed by atoms with E-state index in [2.05, 4.69) is 37.3 Å². The lowest BCUT2D eigenvalue weighted by molar-refractivity contribution is 0.0168. The number of rotatable bonds is 9. The van der Waals surface area contributed by atoms with E-state index < -0.39 is 0 Å². The van der Waals surface area contributed by atoms with Crippen LogP contribution in [0.4, 0.5) is 0 Å². The highest BCUT2D eigenvalue weighted by atomic mass is 16.5. The maximum atomic E-state index is 5.68. The average molecular weight is 350 g/mol. The fourth-order valence-electron chi connectivity index (χ4n) is 3.19. The van der Waals surface area contributed by atoms with Crippen molar-refractivity contribution in [2.75, 3.05) is 32.9 Å². The fourth-order valence-corrected chi connectivity index (χ4v) is 3.19. The monoisotopic (exact) mass is 350 g/mol. The van der Waals surface area contributed by atoms with Crippen molar-refractivity contribution in [2.24, 2.45) is 4.99 Å². The second-order valence-electron chi connectivity index (χ2n) is 6.47. The van der Waals surface area contributed by atoms with Crippen LogP contribution < -0.4 is 10.6 Å². The Morgan fingerprint density at radius 3 is 3.16 bits per heavy atom. The van der Waals surface area contributed by atoms with Crippen LogP contribution in [0.2, 0.25) is 0 Å². The molecule has 0 radical (unpaired) electrons. The van der Waals surface area contributed by atoms with Crippen molar-refractivity contribution in [3.8, 4) is 0 Å². The number of fused-ring (bicyclic) bond motifs is 1. The SMILES string of the molecule is CCNC(=NCc1nnc2n1CCC2)NCCCOCC1CCCO1. The van der Waals surface area contributed by atoms with Crippen LogP contribution in [0.5, 0.6) is 0 Å². The van der Waals surface area contributed by atoms with E-state index in [0.717, 1.165) is 82.6 Å². The van der Waals surface area contributed by atoms with E-state index in [9.17, 15) is 0 Å². The van der Waals surface area contributed by atoms with Crippen LogP contribution in [0.3, 0.4) is 0 Å². The van der Waals surface area contributed by atoms with Gasteiger partial charge in [-0.15, -0.1) is 10.2 Å². The normalized spacial score (nSPS) is 20.0. The van der Waals surface area contributed by atoms with Gasteiger partial charge in [0.1, 0.15) is 12.4 Å². The highest BCUT2D eigenvalue weighted by Crippen LogP contribution is 2.14. The van der Waals surface area contributed by atoms with Gasteiger partial charge >= 0.3 is 0 Å². The summed E-state index contributed by atoms with van der Waals surface area (Å²) in [5.41, 5.74) is 0. The molecule has 8 nitrogen and oxygen atoms in total. The first-order valence-electron chi connectivity index (χ1n) is 9.49. The summed E-state index contributed by atoms with van der Waals surface area (Å²) in [6.45, 7) is 7.63. The van der Waals surface area contributed by atoms with Crippen molar-refractivity contribution in [1.82, 2.24) is 25.4 Å². The van der Waals surface area contributed by atoms with E-state index in [4.69, 9.17) is 9.47 Å². The lowest BCUT2D eigenvalue weighted by Crippen LogP contribution is -2.38. The summed E-state index contributed by atoms with van der Waals surface area (Å²) in [6.07, 6.45) is 5.72. The number of nitrogens with zero attached hydrogens (tertiary/aromatic N) is 4. The molecule has 0 amide bonds. The van der Waals surface area contributed by atoms with Gasteiger partial charge in [-0.3, -0.25) is 0 Å². The van der Waals surface area contributed by atoms with Gasteiger partial charge in [0.2, 0.25) is 0 Å². The molecule has 3 heterocycles. The molecule has 2 aliphatic heterocycles. The molecule has 1 atom stereocenters. The van der Waals surface area contributed by atoms with Gasteiger partial charge in [-0.1, -0.05) is 0 Å². The number of aromatic nitrogens is 3. The van der Waals surface area contributed by atoms with Gasteiger partial charge < -0.3 is 24.7 Å². The second-order valence-corrected chi connectivity index (χ2v) is 6.47. The molecule has 2 aliphatic rings. The third kappa shape index (κ3) is 5.40. The van der Waals surface area contributed by atoms with Gasteiger partial charge in [0.25, 0.3) is 0 Å². The maximum absolute atomic E-state index is 5.68. The van der Waals surface area contributed by atoms with E-state index in [0.29, 0.717) is 19.3 Å². The van der Waals surface area contributed by atoms with Gasteiger partial charge in [-0.05, 0) is 32.6 Å². The first kappa shape index (κ1) is 18.1. The summed E-state index contributed by atoms with van der Waals surface area (Å²) in [5, 5.41) is 15.1. The summed E-state index contributed by atoms with van der Waals surface area (Å²) in [6, 6.07) is 0. The molecule has 140 valence electrons. The molecule has 0 aliphatic carbocycles. The standard InChI is InChI=1S/C17H30N6O2/c1-2-18-17(19-8-5-10-24-13-14-6-4-11-25-14)20-12-16-22-21-15-7-3-9-23(15)16/h14H,2-13H2,1H3,(H2,18,19,20). The van der Waals surface area contributed by atoms with Gasteiger partial charge in [0, 0.05) is 39.3 Å². The van der Waals surface area contributed by atoms with Crippen LogP contribution in [0, 0.1) is 0 Å². The first-order valence-corrected chi connectivity index (χ1v) is 9.49. The highest BCUT2D eigenvalue weighted by molar-refractivity contribution is 5.79. The Kier molecular flexibility index (Phi) is 7.05. The van der Waals surface area contributed by atoms with Gasteiger partial charge in [0.15, 0.2) is 11.8 Å². The Bertz CT molecular complexity index is 553. The van der Waals surface area contributed by atoms with Crippen LogP contribution in [-0.2, 0) is 29.0 Å². The molecule has 1 aromatic rings. The zero-order valence-corrected chi connectivity index (χ0v) is 15.2. The van der Waals surface area contributed by atoms with Gasteiger partial charge in [-0.2, -0.15) is 0 Å². The predicted octanol–water partition coefficient (Wildman–Crippen LogP) is 0.865. The maximum Gasteiger partial charge on any atom is 0.191 e. The van der Waals surface area contributed by atoms with Crippen molar-refractivity contribution >= 4 is 5.96 Å². The van der Waals surface area contributed by atoms with Crippen molar-refractivity contribution in [1.29, 1.82) is 0 Å². The zero-order chi connectivity index (χ0) is 17.3. The van der Waals surface area contributed by atoms with E-state index in [1.807, 2.05) is 0 Å². The number of hydrogen-bond donors (Lipinski definition) is 2. The number of hydrogen-bond acceptors (Lipinski definition) is 5. The number of aryl methyl sites for hydroxylation is 1. The summed E-state index contributed by atoms with van der Waals surface area (Å²) in [7, 11) is 0. The van der Waals surface area contributed by atoms with Crippen molar-refractivity contribution in [2.45, 2.75) is 58.2 Å². The Hall–Kier alpha value is -1.67. The van der Waals surface area contributed by atoms with Crippen LogP contribution >= 0.6 is 0 Å². The Labute approximate surface area is 149 Å². The summed E-state index contributed by atoms with van der Waals surface area (Å²) in [4.78, 5) is 4.62. The number of ether oxygens (including phenoxy) is 2. The molecule has 0 bridgehead atoms. The quantitative estimate of drug-likeness (QED) is 0.390. The molecule has 1 aromatic heterocycles. The predicted molar refractivity (Wildman–Crippen MR) is 95.6 cm³/mol. The Balaban J connectivity index is 1.35. The molecule has 0 saturated carbocycles. The van der Waals surface area contributed by atoms with Crippen LogP contribution in [0.25, 0.3) is 0 Å². The molecule has 1 unspecified atom stereocenters. The first-order chi connectivity index (χ1) is 12.4. The van der Waals surface area contributed by atoms with Crippen molar-refractivity contribution in [3.05, 3.63) is 11.6 Å². The summed E-state index contributed by atoms with van der Waals surface area (Å²) in [5.74, 6) is 2.85. The molecule has 0 spiro atoms. The van der Waals surface area contributed by atoms with Crippen LogP contribution in [0.1, 0.15) is 44.3 Å². The third-order valence-corrected chi connectivity index (χ3v) is 4.49. The Morgan fingerprint density at radius 2 is 2.32 bits per heavy atom. The van der Waals surface area contributed by atoms with Crippen LogP contribution in [-0.4, -0.2) is 59.7 Å². The summed E-state index contributed by atoms with van der Waals surface area (Å²) < 4.78 is 13.4. The van der Waals surface area contributed by atoms with Crippen molar-refractivity contribution < 1.29 is 9.47 Å². The topological polar surface area (TPSA) is 85.6 Å². The average Bonchev–Trinajstić information content (AvgIpc) is 3.34. The molecule has 25 heavy (non-hydrogen) atoms. The molecule has 2 N–H and O–H groups in total. The smallest absolute Gasteiger partial charge is 0.191 e. The zero-order valence-electron chi connectivity index (χ0n) is 15.2. The van der Waals surface area contributed by atoms with E-state index >= 15 is 0 Å². The minimum atomic E-state index is 0.303. The van der Waals surface area contributed by atoms with E-state index in [1.54, 1.807) is 0 Å². The third-order valence-electron chi connectivity index (χ3n) is 4.49. The minimum Gasteiger partial charge on any atom is -0.379 e. The number of aliphatic imine (C=N–C) groups is 1. The summed E-state index contributed by atoms with van der Waals surface area (Å²) >= 11 is 0. The highest BCUT2D eigenvalue weighted by Gasteiger charge is 2.17. The molecule has 1 fully saturated rings. The lowest BCUT2D eigenvalue weighted by atomic mass is 10.2. The fraction of sp³-hybridized carbons (Fsp3) is 0.824. The van der Waals surface area contributed by atoms with Crippen LogP contribution in [0.15, 0.2) is 4.99 Å². The number of guanidine groups is 1. The van der Waals surface area contributed by atoms with Gasteiger partial charge in [-0.25, -0.2) is 4.99 Å². The van der Waals surface area contributed by atoms with E-state index in [-0.39, 0.29) is 0 Å². The Morgan fingerprint density at radius 1 is 1.36 bits per heavy atom.